The first-order chi connectivity index (χ1) is 13.1. The van der Waals surface area contributed by atoms with Gasteiger partial charge in [-0.25, -0.2) is 0 Å². The minimum atomic E-state index is -0.104. The largest absolute Gasteiger partial charge is 0.467 e. The van der Waals surface area contributed by atoms with Crippen molar-refractivity contribution in [2.45, 2.75) is 20.4 Å². The maximum Gasteiger partial charge on any atom is 0.221 e. The lowest BCUT2D eigenvalue weighted by Gasteiger charge is -2.30. The van der Waals surface area contributed by atoms with E-state index in [1.165, 1.54) is 6.92 Å². The van der Waals surface area contributed by atoms with Gasteiger partial charge >= 0.3 is 0 Å². The third kappa shape index (κ3) is 4.36. The third-order valence-electron chi connectivity index (χ3n) is 3.99. The molecule has 0 radical (unpaired) electrons. The highest BCUT2D eigenvalue weighted by Crippen LogP contribution is 2.27. The summed E-state index contributed by atoms with van der Waals surface area (Å²) in [6.45, 7) is 8.07. The van der Waals surface area contributed by atoms with Crippen LogP contribution in [-0.2, 0) is 11.3 Å². The maximum absolute atomic E-state index is 11.3. The molecule has 0 aliphatic carbocycles. The van der Waals surface area contributed by atoms with Gasteiger partial charge in [-0.15, -0.1) is 0 Å². The average molecular weight is 362 g/mol. The van der Waals surface area contributed by atoms with Crippen molar-refractivity contribution in [3.8, 4) is 0 Å². The number of nitrogens with one attached hydrogen (secondary N) is 2. The van der Waals surface area contributed by atoms with E-state index in [2.05, 4.69) is 22.2 Å². The predicted octanol–water partition coefficient (Wildman–Crippen LogP) is 4.09. The van der Waals surface area contributed by atoms with Crippen LogP contribution < -0.4 is 10.6 Å². The van der Waals surface area contributed by atoms with Gasteiger partial charge in [0.1, 0.15) is 11.6 Å². The SMILES string of the molecule is C=C1C(=NCc2ccco2)NC=CN1/C(=C\C)c1cccc(NC(C)=O)c1. The number of carbonyl (C=O) groups is 1. The van der Waals surface area contributed by atoms with E-state index in [9.17, 15) is 4.79 Å². The molecule has 0 bridgehead atoms. The third-order valence-corrected chi connectivity index (χ3v) is 3.99. The highest BCUT2D eigenvalue weighted by Gasteiger charge is 2.19. The molecule has 0 saturated heterocycles. The molecular weight excluding hydrogens is 340 g/mol. The summed E-state index contributed by atoms with van der Waals surface area (Å²) in [5.41, 5.74) is 3.37. The second-order valence-electron chi connectivity index (χ2n) is 5.96. The lowest BCUT2D eigenvalue weighted by atomic mass is 10.1. The first-order valence-corrected chi connectivity index (χ1v) is 8.61. The Balaban J connectivity index is 1.84. The number of amidine groups is 1. The van der Waals surface area contributed by atoms with Crippen molar-refractivity contribution in [2.75, 3.05) is 5.32 Å². The number of anilines is 1. The van der Waals surface area contributed by atoms with E-state index in [0.717, 1.165) is 28.4 Å². The van der Waals surface area contributed by atoms with Crippen LogP contribution in [0.4, 0.5) is 5.69 Å². The van der Waals surface area contributed by atoms with Gasteiger partial charge in [0.25, 0.3) is 0 Å². The van der Waals surface area contributed by atoms with E-state index in [1.807, 2.05) is 66.7 Å². The molecule has 27 heavy (non-hydrogen) atoms. The standard InChI is InChI=1S/C21H22N4O2/c1-4-20(17-7-5-8-18(13-17)24-16(3)26)25-11-10-22-21(15(25)2)23-14-19-9-6-12-27-19/h4-13H,2,14H2,1,3H3,(H,22,23)(H,24,26)/b20-4-. The molecule has 1 aromatic carbocycles. The van der Waals surface area contributed by atoms with Gasteiger partial charge in [-0.1, -0.05) is 24.8 Å². The zero-order chi connectivity index (χ0) is 19.2. The van der Waals surface area contributed by atoms with Gasteiger partial charge in [-0.2, -0.15) is 0 Å². The lowest BCUT2D eigenvalue weighted by molar-refractivity contribution is -0.114. The number of hydrogen-bond donors (Lipinski definition) is 2. The molecule has 6 heteroatoms. The monoisotopic (exact) mass is 362 g/mol. The number of benzene rings is 1. The molecule has 2 aromatic rings. The molecule has 0 unspecified atom stereocenters. The highest BCUT2D eigenvalue weighted by atomic mass is 16.3. The molecule has 1 aliphatic rings. The van der Waals surface area contributed by atoms with Gasteiger partial charge in [0, 0.05) is 36.3 Å². The molecule has 138 valence electrons. The molecule has 1 amide bonds. The van der Waals surface area contributed by atoms with Gasteiger partial charge < -0.3 is 20.0 Å². The van der Waals surface area contributed by atoms with Crippen LogP contribution in [0.25, 0.3) is 5.70 Å². The van der Waals surface area contributed by atoms with Crippen molar-refractivity contribution in [2.24, 2.45) is 4.99 Å². The minimum Gasteiger partial charge on any atom is -0.467 e. The molecule has 3 rings (SSSR count). The number of rotatable bonds is 5. The van der Waals surface area contributed by atoms with Crippen molar-refractivity contribution >= 4 is 23.1 Å². The Morgan fingerprint density at radius 3 is 2.93 bits per heavy atom. The summed E-state index contributed by atoms with van der Waals surface area (Å²) in [5.74, 6) is 1.35. The van der Waals surface area contributed by atoms with E-state index in [-0.39, 0.29) is 5.91 Å². The molecule has 0 spiro atoms. The Morgan fingerprint density at radius 2 is 2.22 bits per heavy atom. The van der Waals surface area contributed by atoms with E-state index < -0.39 is 0 Å². The normalized spacial score (nSPS) is 15.8. The zero-order valence-corrected chi connectivity index (χ0v) is 15.4. The number of aliphatic imine (C=N–C) groups is 1. The van der Waals surface area contributed by atoms with E-state index in [4.69, 9.17) is 4.42 Å². The molecule has 2 heterocycles. The molecule has 2 N–H and O–H groups in total. The Morgan fingerprint density at radius 1 is 1.37 bits per heavy atom. The van der Waals surface area contributed by atoms with Crippen LogP contribution in [0.15, 0.2) is 82.8 Å². The molecule has 6 nitrogen and oxygen atoms in total. The van der Waals surface area contributed by atoms with Crippen molar-refractivity contribution in [1.82, 2.24) is 10.2 Å². The van der Waals surface area contributed by atoms with Crippen LogP contribution >= 0.6 is 0 Å². The fraction of sp³-hybridized carbons (Fsp3) is 0.143. The van der Waals surface area contributed by atoms with Gasteiger partial charge in [-0.3, -0.25) is 9.79 Å². The lowest BCUT2D eigenvalue weighted by Crippen LogP contribution is -2.33. The molecule has 1 aliphatic heterocycles. The van der Waals surface area contributed by atoms with Crippen molar-refractivity contribution in [3.05, 3.63) is 84.7 Å². The van der Waals surface area contributed by atoms with Gasteiger partial charge in [-0.05, 0) is 31.2 Å². The van der Waals surface area contributed by atoms with Gasteiger partial charge in [0.2, 0.25) is 5.91 Å². The Kier molecular flexibility index (Phi) is 5.56. The summed E-state index contributed by atoms with van der Waals surface area (Å²) in [7, 11) is 0. The van der Waals surface area contributed by atoms with Gasteiger partial charge in [0.05, 0.1) is 18.5 Å². The second-order valence-corrected chi connectivity index (χ2v) is 5.96. The van der Waals surface area contributed by atoms with Crippen LogP contribution in [-0.4, -0.2) is 16.6 Å². The Labute approximate surface area is 158 Å². The fourth-order valence-corrected chi connectivity index (χ4v) is 2.80. The summed E-state index contributed by atoms with van der Waals surface area (Å²) in [6.07, 6.45) is 7.34. The number of amides is 1. The number of nitrogens with zero attached hydrogens (tertiary/aromatic N) is 2. The maximum atomic E-state index is 11.3. The second kappa shape index (κ2) is 8.23. The van der Waals surface area contributed by atoms with Crippen LogP contribution in [0.2, 0.25) is 0 Å². The first-order valence-electron chi connectivity index (χ1n) is 8.61. The van der Waals surface area contributed by atoms with Crippen molar-refractivity contribution < 1.29 is 9.21 Å². The van der Waals surface area contributed by atoms with Crippen LogP contribution in [0.1, 0.15) is 25.2 Å². The summed E-state index contributed by atoms with van der Waals surface area (Å²) >= 11 is 0. The zero-order valence-electron chi connectivity index (χ0n) is 15.4. The minimum absolute atomic E-state index is 0.104. The first kappa shape index (κ1) is 18.3. The Bertz CT molecular complexity index is 923. The highest BCUT2D eigenvalue weighted by molar-refractivity contribution is 6.00. The molecular formula is C21H22N4O2. The summed E-state index contributed by atoms with van der Waals surface area (Å²) in [6, 6.07) is 11.4. The fourth-order valence-electron chi connectivity index (χ4n) is 2.80. The van der Waals surface area contributed by atoms with Gasteiger partial charge in [0.15, 0.2) is 0 Å². The van der Waals surface area contributed by atoms with Crippen LogP contribution in [0, 0.1) is 0 Å². The molecule has 0 saturated carbocycles. The quantitative estimate of drug-likeness (QED) is 0.841. The summed E-state index contributed by atoms with van der Waals surface area (Å²) in [5, 5.41) is 5.94. The molecule has 1 aromatic heterocycles. The number of allylic oxidation sites excluding steroid dienone is 1. The number of carbonyl (C=O) groups excluding carboxylic acids is 1. The number of furan rings is 1. The topological polar surface area (TPSA) is 69.9 Å². The van der Waals surface area contributed by atoms with Crippen molar-refractivity contribution in [3.63, 3.8) is 0 Å². The summed E-state index contributed by atoms with van der Waals surface area (Å²) < 4.78 is 5.33. The smallest absolute Gasteiger partial charge is 0.221 e. The predicted molar refractivity (Wildman–Crippen MR) is 107 cm³/mol. The van der Waals surface area contributed by atoms with Crippen molar-refractivity contribution in [1.29, 1.82) is 0 Å². The van der Waals surface area contributed by atoms with E-state index in [0.29, 0.717) is 12.4 Å². The van der Waals surface area contributed by atoms with E-state index >= 15 is 0 Å². The summed E-state index contributed by atoms with van der Waals surface area (Å²) in [4.78, 5) is 17.9. The molecule has 0 fully saturated rings. The molecule has 0 atom stereocenters. The van der Waals surface area contributed by atoms with Crippen LogP contribution in [0.5, 0.6) is 0 Å². The Hall–Kier alpha value is -3.54. The average Bonchev–Trinajstić information content (AvgIpc) is 3.16. The number of hydrogen-bond acceptors (Lipinski definition) is 4. The van der Waals surface area contributed by atoms with Crippen LogP contribution in [0.3, 0.4) is 0 Å². The van der Waals surface area contributed by atoms with E-state index in [1.54, 1.807) is 6.26 Å².